The van der Waals surface area contributed by atoms with Crippen molar-refractivity contribution in [1.29, 1.82) is 0 Å². The lowest BCUT2D eigenvalue weighted by atomic mass is 9.98. The Morgan fingerprint density at radius 1 is 1.39 bits per heavy atom. The molecule has 1 saturated carbocycles. The van der Waals surface area contributed by atoms with Crippen molar-refractivity contribution in [2.45, 2.75) is 32.0 Å². The molecule has 2 rings (SSSR count). The largest absolute Gasteiger partial charge is 0.542 e. The Hall–Kier alpha value is -0.820. The predicted molar refractivity (Wildman–Crippen MR) is 57.6 cm³/mol. The number of hydrogen-bond acceptors (Lipinski definition) is 4. The zero-order chi connectivity index (χ0) is 13.8. The van der Waals surface area contributed by atoms with E-state index in [1.807, 2.05) is 0 Å². The van der Waals surface area contributed by atoms with E-state index in [-0.39, 0.29) is 0 Å². The van der Waals surface area contributed by atoms with Gasteiger partial charge in [-0.05, 0) is 44.3 Å². The topological polar surface area (TPSA) is 64.2 Å². The van der Waals surface area contributed by atoms with Crippen molar-refractivity contribution in [2.75, 3.05) is 19.6 Å². The molecule has 0 spiro atoms. The van der Waals surface area contributed by atoms with Gasteiger partial charge in [-0.1, -0.05) is 6.92 Å². The number of alkyl halides is 3. The molecule has 1 aliphatic heterocycles. The van der Waals surface area contributed by atoms with Gasteiger partial charge in [0.05, 0.1) is 0 Å². The monoisotopic (exact) mass is 267 g/mol. The molecule has 1 heterocycles. The molecule has 2 fully saturated rings. The van der Waals surface area contributed by atoms with Crippen LogP contribution in [-0.2, 0) is 4.79 Å². The van der Waals surface area contributed by atoms with Crippen molar-refractivity contribution in [3.8, 4) is 0 Å². The predicted octanol–water partition coefficient (Wildman–Crippen LogP) is -0.107. The lowest BCUT2D eigenvalue weighted by molar-refractivity contribution is -0.344. The third kappa shape index (κ3) is 5.68. The molecule has 0 unspecified atom stereocenters. The van der Waals surface area contributed by atoms with Crippen LogP contribution in [0.5, 0.6) is 0 Å². The van der Waals surface area contributed by atoms with Gasteiger partial charge >= 0.3 is 6.18 Å². The summed E-state index contributed by atoms with van der Waals surface area (Å²) in [6.45, 7) is 6.02. The molecule has 0 amide bonds. The molecule has 106 valence electrons. The standard InChI is InChI=1S/C9H18N2.C2HF3O2/c1-7-4-10-5-8(7)6-11-9-2-3-9;3-2(4,5)1(6)7/h7-11H,2-6H2,1H3;(H,6,7)/p-1/t7-,8+;/m0./s1. The smallest absolute Gasteiger partial charge is 0.430 e. The number of carboxylic acid groups (broad SMARTS) is 1. The van der Waals surface area contributed by atoms with Crippen LogP contribution in [0.4, 0.5) is 13.2 Å². The van der Waals surface area contributed by atoms with Crippen LogP contribution in [0.2, 0.25) is 0 Å². The van der Waals surface area contributed by atoms with Crippen LogP contribution in [0.25, 0.3) is 0 Å². The molecule has 0 radical (unpaired) electrons. The van der Waals surface area contributed by atoms with Crippen molar-refractivity contribution in [1.82, 2.24) is 10.6 Å². The second-order valence-electron chi connectivity index (χ2n) is 4.86. The van der Waals surface area contributed by atoms with Gasteiger partial charge in [-0.15, -0.1) is 0 Å². The van der Waals surface area contributed by atoms with Crippen molar-refractivity contribution < 1.29 is 23.1 Å². The summed E-state index contributed by atoms with van der Waals surface area (Å²) in [5, 5.41) is 15.8. The van der Waals surface area contributed by atoms with Crippen LogP contribution >= 0.6 is 0 Å². The van der Waals surface area contributed by atoms with E-state index in [2.05, 4.69) is 17.6 Å². The molecule has 2 N–H and O–H groups in total. The second-order valence-corrected chi connectivity index (χ2v) is 4.86. The Labute approximate surface area is 104 Å². The first kappa shape index (κ1) is 15.2. The number of carbonyl (C=O) groups is 1. The SMILES string of the molecule is C[C@H]1CNC[C@@H]1CNC1CC1.O=C([O-])C(F)(F)F. The van der Waals surface area contributed by atoms with Crippen LogP contribution in [0, 0.1) is 11.8 Å². The number of hydrogen-bond donors (Lipinski definition) is 2. The maximum atomic E-state index is 10.5. The Bertz CT molecular complexity index is 280. The number of halogens is 3. The minimum absolute atomic E-state index is 0.876. The van der Waals surface area contributed by atoms with E-state index in [9.17, 15) is 13.2 Å². The van der Waals surface area contributed by atoms with E-state index in [1.54, 1.807) is 0 Å². The zero-order valence-corrected chi connectivity index (χ0v) is 10.2. The Balaban J connectivity index is 0.000000203. The Morgan fingerprint density at radius 3 is 2.28 bits per heavy atom. The average Bonchev–Trinajstić information content (AvgIpc) is 2.99. The third-order valence-electron chi connectivity index (χ3n) is 3.16. The molecular weight excluding hydrogens is 249 g/mol. The first-order valence-corrected chi connectivity index (χ1v) is 6.03. The van der Waals surface area contributed by atoms with E-state index in [0.29, 0.717) is 0 Å². The number of nitrogens with one attached hydrogen (secondary N) is 2. The highest BCUT2D eigenvalue weighted by molar-refractivity contribution is 5.70. The molecule has 4 nitrogen and oxygen atoms in total. The van der Waals surface area contributed by atoms with Crippen LogP contribution < -0.4 is 15.7 Å². The van der Waals surface area contributed by atoms with Gasteiger partial charge in [0.2, 0.25) is 0 Å². The molecular formula is C11H18F3N2O2-. The summed E-state index contributed by atoms with van der Waals surface area (Å²) in [4.78, 5) is 8.78. The summed E-state index contributed by atoms with van der Waals surface area (Å²) in [5.74, 6) is -1.25. The molecule has 0 bridgehead atoms. The van der Waals surface area contributed by atoms with E-state index in [4.69, 9.17) is 9.90 Å². The summed E-state index contributed by atoms with van der Waals surface area (Å²) in [5.41, 5.74) is 0. The van der Waals surface area contributed by atoms with E-state index < -0.39 is 12.1 Å². The minimum atomic E-state index is -5.19. The summed E-state index contributed by atoms with van der Waals surface area (Å²) in [7, 11) is 0. The lowest BCUT2D eigenvalue weighted by Gasteiger charge is -2.14. The normalized spacial score (nSPS) is 27.6. The van der Waals surface area contributed by atoms with E-state index >= 15 is 0 Å². The minimum Gasteiger partial charge on any atom is -0.542 e. The molecule has 0 aromatic heterocycles. The molecule has 18 heavy (non-hydrogen) atoms. The zero-order valence-electron chi connectivity index (χ0n) is 10.2. The summed E-state index contributed by atoms with van der Waals surface area (Å²) in [6.07, 6.45) is -2.37. The van der Waals surface area contributed by atoms with Gasteiger partial charge in [0.1, 0.15) is 5.97 Å². The molecule has 1 saturated heterocycles. The van der Waals surface area contributed by atoms with Gasteiger partial charge in [0.15, 0.2) is 0 Å². The number of aliphatic carboxylic acids is 1. The van der Waals surface area contributed by atoms with Crippen molar-refractivity contribution in [3.05, 3.63) is 0 Å². The number of carbonyl (C=O) groups excluding carboxylic acids is 1. The summed E-state index contributed by atoms with van der Waals surface area (Å²) < 4.78 is 31.5. The van der Waals surface area contributed by atoms with Crippen LogP contribution in [0.15, 0.2) is 0 Å². The Morgan fingerprint density at radius 2 is 1.94 bits per heavy atom. The van der Waals surface area contributed by atoms with E-state index in [1.165, 1.54) is 32.5 Å². The van der Waals surface area contributed by atoms with E-state index in [0.717, 1.165) is 17.9 Å². The van der Waals surface area contributed by atoms with Gasteiger partial charge in [-0.3, -0.25) is 0 Å². The fourth-order valence-corrected chi connectivity index (χ4v) is 1.74. The van der Waals surface area contributed by atoms with Gasteiger partial charge < -0.3 is 20.5 Å². The number of rotatable bonds is 3. The molecule has 7 heteroatoms. The first-order chi connectivity index (χ1) is 8.30. The second kappa shape index (κ2) is 6.38. The van der Waals surface area contributed by atoms with Gasteiger partial charge in [-0.25, -0.2) is 0 Å². The summed E-state index contributed by atoms with van der Waals surface area (Å²) >= 11 is 0. The molecule has 0 aromatic carbocycles. The first-order valence-electron chi connectivity index (χ1n) is 6.03. The summed E-state index contributed by atoms with van der Waals surface area (Å²) in [6, 6.07) is 0.878. The van der Waals surface area contributed by atoms with Gasteiger partial charge in [0.25, 0.3) is 0 Å². The molecule has 2 atom stereocenters. The molecule has 2 aliphatic rings. The highest BCUT2D eigenvalue weighted by Crippen LogP contribution is 2.21. The fourth-order valence-electron chi connectivity index (χ4n) is 1.74. The number of carboxylic acids is 1. The highest BCUT2D eigenvalue weighted by atomic mass is 19.4. The average molecular weight is 267 g/mol. The van der Waals surface area contributed by atoms with Crippen LogP contribution in [-0.4, -0.2) is 37.8 Å². The van der Waals surface area contributed by atoms with Crippen LogP contribution in [0.3, 0.4) is 0 Å². The van der Waals surface area contributed by atoms with Crippen molar-refractivity contribution >= 4 is 5.97 Å². The third-order valence-corrected chi connectivity index (χ3v) is 3.16. The molecule has 0 aromatic rings. The maximum absolute atomic E-state index is 10.5. The van der Waals surface area contributed by atoms with Gasteiger partial charge in [0, 0.05) is 6.04 Å². The van der Waals surface area contributed by atoms with Crippen LogP contribution in [0.1, 0.15) is 19.8 Å². The highest BCUT2D eigenvalue weighted by Gasteiger charge is 2.29. The fraction of sp³-hybridized carbons (Fsp3) is 0.909. The van der Waals surface area contributed by atoms with Crippen molar-refractivity contribution in [2.24, 2.45) is 11.8 Å². The maximum Gasteiger partial charge on any atom is 0.430 e. The Kier molecular flexibility index (Phi) is 5.40. The molecule has 1 aliphatic carbocycles. The quantitative estimate of drug-likeness (QED) is 0.749. The lowest BCUT2D eigenvalue weighted by Crippen LogP contribution is -2.37. The van der Waals surface area contributed by atoms with Gasteiger partial charge in [-0.2, -0.15) is 13.2 Å². The van der Waals surface area contributed by atoms with Crippen molar-refractivity contribution in [3.63, 3.8) is 0 Å².